The predicted octanol–water partition coefficient (Wildman–Crippen LogP) is 0.0485. The van der Waals surface area contributed by atoms with Crippen LogP contribution in [-0.2, 0) is 17.7 Å². The quantitative estimate of drug-likeness (QED) is 0.661. The monoisotopic (exact) mass is 224 g/mol. The van der Waals surface area contributed by atoms with Crippen molar-refractivity contribution < 1.29 is 4.74 Å². The van der Waals surface area contributed by atoms with Gasteiger partial charge in [-0.15, -0.1) is 0 Å². The van der Waals surface area contributed by atoms with Crippen molar-refractivity contribution in [3.05, 3.63) is 17.7 Å². The Kier molecular flexibility index (Phi) is 3.93. The summed E-state index contributed by atoms with van der Waals surface area (Å²) in [7, 11) is 1.74. The maximum absolute atomic E-state index is 5.18. The van der Waals surface area contributed by atoms with Gasteiger partial charge in [0.05, 0.1) is 23.8 Å². The van der Waals surface area contributed by atoms with E-state index in [2.05, 4.69) is 27.5 Å². The Hall–Kier alpha value is -0.910. The Labute approximate surface area is 96.0 Å². The van der Waals surface area contributed by atoms with E-state index in [4.69, 9.17) is 4.74 Å². The lowest BCUT2D eigenvalue weighted by Gasteiger charge is -2.24. The minimum absolute atomic E-state index is 0.268. The second-order valence-corrected chi connectivity index (χ2v) is 4.31. The SMILES string of the molecule is COC(C)CNCC1Cc2nc[nH]c2CN1. The zero-order valence-electron chi connectivity index (χ0n) is 9.92. The van der Waals surface area contributed by atoms with Crippen molar-refractivity contribution in [1.82, 2.24) is 20.6 Å². The molecule has 0 saturated carbocycles. The van der Waals surface area contributed by atoms with E-state index in [1.54, 1.807) is 13.4 Å². The molecule has 0 saturated heterocycles. The molecule has 2 unspecified atom stereocenters. The molecular weight excluding hydrogens is 204 g/mol. The number of ether oxygens (including phenoxy) is 1. The van der Waals surface area contributed by atoms with Crippen LogP contribution in [0.25, 0.3) is 0 Å². The van der Waals surface area contributed by atoms with E-state index in [-0.39, 0.29) is 6.10 Å². The number of nitrogens with one attached hydrogen (secondary N) is 3. The molecule has 0 radical (unpaired) electrons. The molecule has 16 heavy (non-hydrogen) atoms. The third kappa shape index (κ3) is 2.81. The van der Waals surface area contributed by atoms with Crippen molar-refractivity contribution in [2.45, 2.75) is 32.0 Å². The fourth-order valence-corrected chi connectivity index (χ4v) is 1.92. The van der Waals surface area contributed by atoms with Crippen LogP contribution in [0.15, 0.2) is 6.33 Å². The molecule has 1 aliphatic heterocycles. The lowest BCUT2D eigenvalue weighted by Crippen LogP contribution is -2.44. The standard InChI is InChI=1S/C11H20N4O/c1-8(16-2)4-12-5-9-3-10-11(6-13-9)15-7-14-10/h7-9,12-13H,3-6H2,1-2H3,(H,14,15). The van der Waals surface area contributed by atoms with Crippen molar-refractivity contribution in [2.75, 3.05) is 20.2 Å². The first-order chi connectivity index (χ1) is 7.79. The molecule has 90 valence electrons. The van der Waals surface area contributed by atoms with Crippen LogP contribution in [0.3, 0.4) is 0 Å². The van der Waals surface area contributed by atoms with Crippen molar-refractivity contribution in [1.29, 1.82) is 0 Å². The van der Waals surface area contributed by atoms with Gasteiger partial charge in [-0.1, -0.05) is 0 Å². The summed E-state index contributed by atoms with van der Waals surface area (Å²) in [5.74, 6) is 0. The topological polar surface area (TPSA) is 62.0 Å². The number of fused-ring (bicyclic) bond motifs is 1. The molecule has 0 spiro atoms. The zero-order valence-corrected chi connectivity index (χ0v) is 9.92. The summed E-state index contributed by atoms with van der Waals surface area (Å²) in [5.41, 5.74) is 2.42. The fraction of sp³-hybridized carbons (Fsp3) is 0.727. The van der Waals surface area contributed by atoms with Gasteiger partial charge in [0.2, 0.25) is 0 Å². The highest BCUT2D eigenvalue weighted by Gasteiger charge is 2.19. The molecule has 0 amide bonds. The van der Waals surface area contributed by atoms with Crippen LogP contribution in [0, 0.1) is 0 Å². The number of imidazole rings is 1. The van der Waals surface area contributed by atoms with Crippen LogP contribution in [0.4, 0.5) is 0 Å². The number of hydrogen-bond acceptors (Lipinski definition) is 4. The first kappa shape index (κ1) is 11.6. The number of aromatic nitrogens is 2. The second-order valence-electron chi connectivity index (χ2n) is 4.31. The van der Waals surface area contributed by atoms with Gasteiger partial charge in [-0.3, -0.25) is 0 Å². The summed E-state index contributed by atoms with van der Waals surface area (Å²) >= 11 is 0. The molecule has 2 atom stereocenters. The molecule has 0 aliphatic carbocycles. The first-order valence-corrected chi connectivity index (χ1v) is 5.77. The van der Waals surface area contributed by atoms with E-state index in [9.17, 15) is 0 Å². The summed E-state index contributed by atoms with van der Waals surface area (Å²) < 4.78 is 5.18. The van der Waals surface area contributed by atoms with E-state index in [1.807, 2.05) is 0 Å². The van der Waals surface area contributed by atoms with Crippen LogP contribution in [-0.4, -0.2) is 42.3 Å². The van der Waals surface area contributed by atoms with Gasteiger partial charge in [-0.25, -0.2) is 4.98 Å². The van der Waals surface area contributed by atoms with Gasteiger partial charge in [0.15, 0.2) is 0 Å². The van der Waals surface area contributed by atoms with Crippen molar-refractivity contribution in [3.8, 4) is 0 Å². The number of nitrogens with zero attached hydrogens (tertiary/aromatic N) is 1. The van der Waals surface area contributed by atoms with Gasteiger partial charge in [0.1, 0.15) is 0 Å². The third-order valence-electron chi connectivity index (χ3n) is 3.04. The Morgan fingerprint density at radius 3 is 3.38 bits per heavy atom. The molecule has 5 heteroatoms. The Balaban J connectivity index is 1.73. The molecule has 0 aromatic carbocycles. The molecular formula is C11H20N4O. The zero-order chi connectivity index (χ0) is 11.4. The van der Waals surface area contributed by atoms with E-state index in [1.165, 1.54) is 11.4 Å². The molecule has 1 aliphatic rings. The lowest BCUT2D eigenvalue weighted by molar-refractivity contribution is 0.116. The second kappa shape index (κ2) is 5.43. The maximum Gasteiger partial charge on any atom is 0.0925 e. The van der Waals surface area contributed by atoms with E-state index < -0.39 is 0 Å². The number of hydrogen-bond donors (Lipinski definition) is 3. The Morgan fingerprint density at radius 1 is 1.69 bits per heavy atom. The molecule has 2 heterocycles. The highest BCUT2D eigenvalue weighted by Crippen LogP contribution is 2.11. The lowest BCUT2D eigenvalue weighted by atomic mass is 10.1. The predicted molar refractivity (Wildman–Crippen MR) is 62.3 cm³/mol. The van der Waals surface area contributed by atoms with Gasteiger partial charge in [-0.05, 0) is 6.92 Å². The highest BCUT2D eigenvalue weighted by atomic mass is 16.5. The molecule has 1 aromatic heterocycles. The maximum atomic E-state index is 5.18. The summed E-state index contributed by atoms with van der Waals surface area (Å²) in [6.45, 7) is 4.80. The third-order valence-corrected chi connectivity index (χ3v) is 3.04. The average molecular weight is 224 g/mol. The molecule has 1 aromatic rings. The highest BCUT2D eigenvalue weighted by molar-refractivity contribution is 5.15. The number of aromatic amines is 1. The Morgan fingerprint density at radius 2 is 2.56 bits per heavy atom. The summed E-state index contributed by atoms with van der Waals surface area (Å²) in [6, 6.07) is 0.472. The van der Waals surface area contributed by atoms with Crippen molar-refractivity contribution in [3.63, 3.8) is 0 Å². The average Bonchev–Trinajstić information content (AvgIpc) is 2.76. The van der Waals surface area contributed by atoms with E-state index in [0.717, 1.165) is 26.1 Å². The van der Waals surface area contributed by atoms with E-state index in [0.29, 0.717) is 6.04 Å². The van der Waals surface area contributed by atoms with Crippen LogP contribution in [0.1, 0.15) is 18.3 Å². The molecule has 5 nitrogen and oxygen atoms in total. The Bertz CT molecular complexity index is 326. The molecule has 3 N–H and O–H groups in total. The number of H-pyrrole nitrogens is 1. The fourth-order valence-electron chi connectivity index (χ4n) is 1.92. The van der Waals surface area contributed by atoms with Crippen molar-refractivity contribution in [2.24, 2.45) is 0 Å². The van der Waals surface area contributed by atoms with Gasteiger partial charge in [0, 0.05) is 39.2 Å². The van der Waals surface area contributed by atoms with Gasteiger partial charge >= 0.3 is 0 Å². The largest absolute Gasteiger partial charge is 0.380 e. The molecule has 0 fully saturated rings. The normalized spacial score (nSPS) is 21.8. The summed E-state index contributed by atoms with van der Waals surface area (Å²) in [4.78, 5) is 7.47. The van der Waals surface area contributed by atoms with Gasteiger partial charge in [0.25, 0.3) is 0 Å². The minimum atomic E-state index is 0.268. The number of rotatable bonds is 5. The van der Waals surface area contributed by atoms with Crippen LogP contribution in [0.2, 0.25) is 0 Å². The smallest absolute Gasteiger partial charge is 0.0925 e. The molecule has 2 rings (SSSR count). The number of methoxy groups -OCH3 is 1. The van der Waals surface area contributed by atoms with Crippen molar-refractivity contribution >= 4 is 0 Å². The van der Waals surface area contributed by atoms with Crippen LogP contribution < -0.4 is 10.6 Å². The summed E-state index contributed by atoms with van der Waals surface area (Å²) in [6.07, 6.45) is 3.03. The van der Waals surface area contributed by atoms with Crippen LogP contribution in [0.5, 0.6) is 0 Å². The van der Waals surface area contributed by atoms with Gasteiger partial charge < -0.3 is 20.4 Å². The summed E-state index contributed by atoms with van der Waals surface area (Å²) in [5, 5.41) is 6.88. The first-order valence-electron chi connectivity index (χ1n) is 5.77. The minimum Gasteiger partial charge on any atom is -0.380 e. The van der Waals surface area contributed by atoms with Crippen LogP contribution >= 0.6 is 0 Å². The van der Waals surface area contributed by atoms with Gasteiger partial charge in [-0.2, -0.15) is 0 Å². The van der Waals surface area contributed by atoms with E-state index >= 15 is 0 Å². The molecule has 0 bridgehead atoms.